The number of carbonyl (C=O) groups excluding carboxylic acids is 1. The Labute approximate surface area is 115 Å². The number of fused-ring (bicyclic) bond motifs is 2. The number of anilines is 1. The van der Waals surface area contributed by atoms with Gasteiger partial charge in [0.15, 0.2) is 0 Å². The Balaban J connectivity index is 1.71. The largest absolute Gasteiger partial charge is 0.326 e. The van der Waals surface area contributed by atoms with E-state index in [0.29, 0.717) is 12.1 Å². The van der Waals surface area contributed by atoms with Crippen molar-refractivity contribution >= 4 is 27.5 Å². The van der Waals surface area contributed by atoms with Crippen molar-refractivity contribution in [1.82, 2.24) is 5.32 Å². The lowest BCUT2D eigenvalue weighted by Gasteiger charge is -2.20. The fourth-order valence-corrected chi connectivity index (χ4v) is 3.58. The highest BCUT2D eigenvalue weighted by Crippen LogP contribution is 2.34. The highest BCUT2D eigenvalue weighted by Gasteiger charge is 2.42. The second-order valence-electron chi connectivity index (χ2n) is 5.34. The molecule has 3 atom stereocenters. The van der Waals surface area contributed by atoms with Crippen molar-refractivity contribution in [1.29, 1.82) is 0 Å². The van der Waals surface area contributed by atoms with Crippen molar-refractivity contribution in [3.8, 4) is 0 Å². The van der Waals surface area contributed by atoms with Crippen LogP contribution in [0.4, 0.5) is 5.69 Å². The molecule has 2 aliphatic heterocycles. The van der Waals surface area contributed by atoms with Crippen LogP contribution < -0.4 is 10.6 Å². The minimum absolute atomic E-state index is 0.145. The number of halogens is 1. The van der Waals surface area contributed by atoms with Crippen molar-refractivity contribution in [2.45, 2.75) is 38.3 Å². The zero-order valence-electron chi connectivity index (χ0n) is 10.4. The number of hydrogen-bond donors (Lipinski definition) is 2. The van der Waals surface area contributed by atoms with Gasteiger partial charge in [-0.2, -0.15) is 0 Å². The summed E-state index contributed by atoms with van der Waals surface area (Å²) in [6.45, 7) is 2.01. The Morgan fingerprint density at radius 1 is 1.44 bits per heavy atom. The van der Waals surface area contributed by atoms with Gasteiger partial charge in [0.2, 0.25) is 5.91 Å². The number of hydrogen-bond acceptors (Lipinski definition) is 2. The summed E-state index contributed by atoms with van der Waals surface area (Å²) in [5.41, 5.74) is 2.01. The zero-order chi connectivity index (χ0) is 12.7. The van der Waals surface area contributed by atoms with E-state index in [1.54, 1.807) is 0 Å². The van der Waals surface area contributed by atoms with Gasteiger partial charge in [-0.15, -0.1) is 0 Å². The van der Waals surface area contributed by atoms with Gasteiger partial charge in [0.1, 0.15) is 0 Å². The van der Waals surface area contributed by atoms with Crippen LogP contribution in [0.1, 0.15) is 24.8 Å². The molecule has 1 aromatic carbocycles. The van der Waals surface area contributed by atoms with Crippen LogP contribution in [-0.2, 0) is 4.79 Å². The number of nitrogens with one attached hydrogen (secondary N) is 2. The van der Waals surface area contributed by atoms with E-state index in [0.717, 1.165) is 28.6 Å². The molecule has 0 spiro atoms. The van der Waals surface area contributed by atoms with Crippen molar-refractivity contribution in [2.24, 2.45) is 5.92 Å². The van der Waals surface area contributed by atoms with Gasteiger partial charge in [-0.1, -0.05) is 15.9 Å². The summed E-state index contributed by atoms with van der Waals surface area (Å²) in [5, 5.41) is 6.56. The molecular weight excluding hydrogens is 292 g/mol. The highest BCUT2D eigenvalue weighted by molar-refractivity contribution is 9.10. The maximum Gasteiger partial charge on any atom is 0.229 e. The average Bonchev–Trinajstić information content (AvgIpc) is 2.94. The molecule has 18 heavy (non-hydrogen) atoms. The van der Waals surface area contributed by atoms with Crippen molar-refractivity contribution in [3.63, 3.8) is 0 Å². The minimum Gasteiger partial charge on any atom is -0.326 e. The van der Waals surface area contributed by atoms with E-state index in [1.165, 1.54) is 6.42 Å². The number of benzene rings is 1. The van der Waals surface area contributed by atoms with Crippen molar-refractivity contribution < 1.29 is 4.79 Å². The van der Waals surface area contributed by atoms with E-state index in [9.17, 15) is 4.79 Å². The van der Waals surface area contributed by atoms with E-state index < -0.39 is 0 Å². The topological polar surface area (TPSA) is 41.1 Å². The summed E-state index contributed by atoms with van der Waals surface area (Å²) in [7, 11) is 0. The fraction of sp³-hybridized carbons (Fsp3) is 0.500. The highest BCUT2D eigenvalue weighted by atomic mass is 79.9. The fourth-order valence-electron chi connectivity index (χ4n) is 3.11. The van der Waals surface area contributed by atoms with Crippen LogP contribution in [0.15, 0.2) is 22.7 Å². The van der Waals surface area contributed by atoms with Gasteiger partial charge in [-0.3, -0.25) is 4.79 Å². The summed E-state index contributed by atoms with van der Waals surface area (Å²) < 4.78 is 1.04. The molecule has 1 amide bonds. The molecule has 96 valence electrons. The maximum absolute atomic E-state index is 12.3. The van der Waals surface area contributed by atoms with Crippen LogP contribution in [0.3, 0.4) is 0 Å². The lowest BCUT2D eigenvalue weighted by Crippen LogP contribution is -2.33. The first-order valence-electron chi connectivity index (χ1n) is 6.46. The standard InChI is InChI=1S/C14H17BrN2O/c1-8-6-9(15)2-4-12(8)17-14(18)11-7-10-3-5-13(11)16-10/h2,4,6,10-11,13,16H,3,5,7H2,1H3,(H,17,18). The molecule has 2 bridgehead atoms. The molecule has 0 radical (unpaired) electrons. The molecular formula is C14H17BrN2O. The summed E-state index contributed by atoms with van der Waals surface area (Å²) >= 11 is 3.43. The van der Waals surface area contributed by atoms with Gasteiger partial charge in [-0.05, 0) is 49.9 Å². The zero-order valence-corrected chi connectivity index (χ0v) is 12.0. The third-order valence-corrected chi connectivity index (χ3v) is 4.58. The van der Waals surface area contributed by atoms with Gasteiger partial charge in [-0.25, -0.2) is 0 Å². The molecule has 0 saturated carbocycles. The Hall–Kier alpha value is -0.870. The summed E-state index contributed by atoms with van der Waals surface area (Å²) in [6.07, 6.45) is 3.36. The van der Waals surface area contributed by atoms with Gasteiger partial charge >= 0.3 is 0 Å². The van der Waals surface area contributed by atoms with Gasteiger partial charge in [0.25, 0.3) is 0 Å². The van der Waals surface area contributed by atoms with E-state index in [4.69, 9.17) is 0 Å². The molecule has 2 N–H and O–H groups in total. The van der Waals surface area contributed by atoms with Crippen LogP contribution in [-0.4, -0.2) is 18.0 Å². The monoisotopic (exact) mass is 308 g/mol. The average molecular weight is 309 g/mol. The smallest absolute Gasteiger partial charge is 0.229 e. The van der Waals surface area contributed by atoms with E-state index in [1.807, 2.05) is 25.1 Å². The molecule has 2 heterocycles. The van der Waals surface area contributed by atoms with Gasteiger partial charge < -0.3 is 10.6 Å². The third kappa shape index (κ3) is 2.19. The molecule has 3 unspecified atom stereocenters. The Kier molecular flexibility index (Phi) is 3.16. The second-order valence-corrected chi connectivity index (χ2v) is 6.25. The Bertz CT molecular complexity index is 489. The predicted molar refractivity (Wildman–Crippen MR) is 75.6 cm³/mol. The van der Waals surface area contributed by atoms with Crippen LogP contribution in [0.25, 0.3) is 0 Å². The molecule has 2 fully saturated rings. The summed E-state index contributed by atoms with van der Waals surface area (Å²) in [5.74, 6) is 0.312. The van der Waals surface area contributed by atoms with Crippen LogP contribution in [0.5, 0.6) is 0 Å². The van der Waals surface area contributed by atoms with Crippen LogP contribution in [0, 0.1) is 12.8 Å². The maximum atomic E-state index is 12.3. The van der Waals surface area contributed by atoms with E-state index in [-0.39, 0.29) is 11.8 Å². The van der Waals surface area contributed by atoms with E-state index in [2.05, 4.69) is 26.6 Å². The number of amides is 1. The molecule has 4 heteroatoms. The lowest BCUT2D eigenvalue weighted by atomic mass is 9.88. The first-order valence-corrected chi connectivity index (χ1v) is 7.26. The summed E-state index contributed by atoms with van der Waals surface area (Å²) in [6, 6.07) is 6.90. The molecule has 0 aliphatic carbocycles. The second kappa shape index (κ2) is 4.67. The molecule has 0 aromatic heterocycles. The number of rotatable bonds is 2. The normalized spacial score (nSPS) is 29.6. The predicted octanol–water partition coefficient (Wildman–Crippen LogP) is 2.84. The van der Waals surface area contributed by atoms with Gasteiger partial charge in [0.05, 0.1) is 5.92 Å². The lowest BCUT2D eigenvalue weighted by molar-refractivity contribution is -0.120. The quantitative estimate of drug-likeness (QED) is 0.882. The van der Waals surface area contributed by atoms with Gasteiger partial charge in [0, 0.05) is 22.2 Å². The first-order chi connectivity index (χ1) is 8.63. The van der Waals surface area contributed by atoms with Crippen molar-refractivity contribution in [2.75, 3.05) is 5.32 Å². The molecule has 2 saturated heterocycles. The molecule has 1 aromatic rings. The van der Waals surface area contributed by atoms with Crippen molar-refractivity contribution in [3.05, 3.63) is 28.2 Å². The summed E-state index contributed by atoms with van der Waals surface area (Å²) in [4.78, 5) is 12.3. The minimum atomic E-state index is 0.145. The van der Waals surface area contributed by atoms with Crippen LogP contribution in [0.2, 0.25) is 0 Å². The first kappa shape index (κ1) is 12.2. The third-order valence-electron chi connectivity index (χ3n) is 4.08. The number of aryl methyl sites for hydroxylation is 1. The SMILES string of the molecule is Cc1cc(Br)ccc1NC(=O)C1CC2CCC1N2. The molecule has 3 rings (SSSR count). The van der Waals surface area contributed by atoms with E-state index >= 15 is 0 Å². The molecule has 2 aliphatic rings. The van der Waals surface area contributed by atoms with Crippen LogP contribution >= 0.6 is 15.9 Å². The number of carbonyl (C=O) groups is 1. The molecule has 3 nitrogen and oxygen atoms in total. The Morgan fingerprint density at radius 3 is 2.89 bits per heavy atom. The Morgan fingerprint density at radius 2 is 2.28 bits per heavy atom.